The Labute approximate surface area is 160 Å². The van der Waals surface area contributed by atoms with Gasteiger partial charge in [0.15, 0.2) is 0 Å². The van der Waals surface area contributed by atoms with E-state index in [4.69, 9.17) is 0 Å². The van der Waals surface area contributed by atoms with Crippen molar-refractivity contribution in [2.75, 3.05) is 32.7 Å². The molecule has 2 rings (SSSR count). The molecule has 2 unspecified atom stereocenters. The van der Waals surface area contributed by atoms with Crippen LogP contribution in [-0.2, 0) is 4.79 Å². The molecule has 0 spiro atoms. The molecule has 0 radical (unpaired) electrons. The Kier molecular flexibility index (Phi) is 13.2. The SMILES string of the molecule is CCC(CC)C(CNC(=O)CCC1CCNC1)N1CCCC1.Cl.Cl. The molecule has 2 aliphatic heterocycles. The lowest BCUT2D eigenvalue weighted by atomic mass is 9.92. The number of likely N-dealkylation sites (tertiary alicyclic amines) is 1. The molecule has 4 nitrogen and oxygen atoms in total. The summed E-state index contributed by atoms with van der Waals surface area (Å²) in [5, 5.41) is 6.61. The number of rotatable bonds is 9. The second-order valence-electron chi connectivity index (χ2n) is 7.09. The summed E-state index contributed by atoms with van der Waals surface area (Å²) in [7, 11) is 0. The maximum atomic E-state index is 12.2. The van der Waals surface area contributed by atoms with Crippen molar-refractivity contribution in [3.05, 3.63) is 0 Å². The smallest absolute Gasteiger partial charge is 0.220 e. The van der Waals surface area contributed by atoms with Crippen LogP contribution in [0.15, 0.2) is 0 Å². The number of amides is 1. The fourth-order valence-corrected chi connectivity index (χ4v) is 4.10. The third-order valence-corrected chi connectivity index (χ3v) is 5.65. The van der Waals surface area contributed by atoms with E-state index in [2.05, 4.69) is 29.4 Å². The molecular weight excluding hydrogens is 345 g/mol. The van der Waals surface area contributed by atoms with Gasteiger partial charge >= 0.3 is 0 Å². The van der Waals surface area contributed by atoms with Gasteiger partial charge in [0.05, 0.1) is 0 Å². The van der Waals surface area contributed by atoms with E-state index in [1.807, 2.05) is 0 Å². The summed E-state index contributed by atoms with van der Waals surface area (Å²) in [4.78, 5) is 14.8. The van der Waals surface area contributed by atoms with Crippen LogP contribution < -0.4 is 10.6 Å². The minimum Gasteiger partial charge on any atom is -0.355 e. The van der Waals surface area contributed by atoms with Crippen molar-refractivity contribution in [3.8, 4) is 0 Å². The van der Waals surface area contributed by atoms with E-state index in [1.54, 1.807) is 0 Å². The summed E-state index contributed by atoms with van der Waals surface area (Å²) in [6.07, 6.45) is 8.03. The second-order valence-corrected chi connectivity index (χ2v) is 7.09. The van der Waals surface area contributed by atoms with Crippen LogP contribution >= 0.6 is 24.8 Å². The first kappa shape index (κ1) is 24.0. The third kappa shape index (κ3) is 7.47. The highest BCUT2D eigenvalue weighted by atomic mass is 35.5. The monoisotopic (exact) mass is 381 g/mol. The highest BCUT2D eigenvalue weighted by molar-refractivity contribution is 5.85. The number of halogens is 2. The molecule has 2 atom stereocenters. The van der Waals surface area contributed by atoms with Crippen molar-refractivity contribution in [1.29, 1.82) is 0 Å². The Morgan fingerprint density at radius 3 is 2.42 bits per heavy atom. The molecule has 2 saturated heterocycles. The van der Waals surface area contributed by atoms with E-state index < -0.39 is 0 Å². The Balaban J connectivity index is 0.00000264. The Morgan fingerprint density at radius 2 is 1.88 bits per heavy atom. The van der Waals surface area contributed by atoms with Crippen molar-refractivity contribution >= 4 is 30.7 Å². The zero-order valence-corrected chi connectivity index (χ0v) is 17.0. The van der Waals surface area contributed by atoms with E-state index >= 15 is 0 Å². The van der Waals surface area contributed by atoms with Gasteiger partial charge in [-0.25, -0.2) is 0 Å². The largest absolute Gasteiger partial charge is 0.355 e. The van der Waals surface area contributed by atoms with Gasteiger partial charge in [0.2, 0.25) is 5.91 Å². The quantitative estimate of drug-likeness (QED) is 0.644. The Morgan fingerprint density at radius 1 is 1.21 bits per heavy atom. The number of hydrogen-bond acceptors (Lipinski definition) is 3. The van der Waals surface area contributed by atoms with Gasteiger partial charge in [-0.1, -0.05) is 26.7 Å². The molecule has 2 heterocycles. The molecule has 0 aliphatic carbocycles. The van der Waals surface area contributed by atoms with E-state index in [9.17, 15) is 4.79 Å². The van der Waals surface area contributed by atoms with Crippen LogP contribution in [0.25, 0.3) is 0 Å². The van der Waals surface area contributed by atoms with Crippen LogP contribution in [0.3, 0.4) is 0 Å². The van der Waals surface area contributed by atoms with Crippen LogP contribution in [-0.4, -0.2) is 49.6 Å². The van der Waals surface area contributed by atoms with Gasteiger partial charge in [-0.2, -0.15) is 0 Å². The maximum absolute atomic E-state index is 12.2. The average Bonchev–Trinajstić information content (AvgIpc) is 3.22. The lowest BCUT2D eigenvalue weighted by Crippen LogP contribution is -2.46. The Bertz CT molecular complexity index is 326. The first-order chi connectivity index (χ1) is 10.7. The van der Waals surface area contributed by atoms with E-state index in [0.717, 1.165) is 26.1 Å². The molecule has 2 N–H and O–H groups in total. The zero-order chi connectivity index (χ0) is 15.8. The molecule has 2 fully saturated rings. The van der Waals surface area contributed by atoms with Crippen molar-refractivity contribution in [1.82, 2.24) is 15.5 Å². The van der Waals surface area contributed by atoms with Gasteiger partial charge < -0.3 is 10.6 Å². The van der Waals surface area contributed by atoms with Crippen molar-refractivity contribution < 1.29 is 4.79 Å². The standard InChI is InChI=1S/C18H35N3O.2ClH/c1-3-16(4-2)17(21-11-5-6-12-21)14-20-18(22)8-7-15-9-10-19-13-15;;/h15-17,19H,3-14H2,1-2H3,(H,20,22);2*1H. The highest BCUT2D eigenvalue weighted by Gasteiger charge is 2.27. The lowest BCUT2D eigenvalue weighted by Gasteiger charge is -2.34. The van der Waals surface area contributed by atoms with Crippen LogP contribution in [0.2, 0.25) is 0 Å². The van der Waals surface area contributed by atoms with Crippen LogP contribution in [0, 0.1) is 11.8 Å². The van der Waals surface area contributed by atoms with Crippen molar-refractivity contribution in [3.63, 3.8) is 0 Å². The molecule has 0 bridgehead atoms. The predicted molar refractivity (Wildman–Crippen MR) is 106 cm³/mol. The summed E-state index contributed by atoms with van der Waals surface area (Å²) < 4.78 is 0. The van der Waals surface area contributed by atoms with Gasteiger partial charge in [-0.3, -0.25) is 9.69 Å². The van der Waals surface area contributed by atoms with Gasteiger partial charge in [0.25, 0.3) is 0 Å². The van der Waals surface area contributed by atoms with Crippen molar-refractivity contribution in [2.45, 2.75) is 64.8 Å². The maximum Gasteiger partial charge on any atom is 0.220 e. The van der Waals surface area contributed by atoms with Gasteiger partial charge in [-0.05, 0) is 63.7 Å². The van der Waals surface area contributed by atoms with Crippen LogP contribution in [0.5, 0.6) is 0 Å². The number of carbonyl (C=O) groups excluding carboxylic acids is 1. The first-order valence-corrected chi connectivity index (χ1v) is 9.46. The molecule has 2 aliphatic rings. The Hall–Kier alpha value is -0.0300. The number of carbonyl (C=O) groups is 1. The number of nitrogens with zero attached hydrogens (tertiary/aromatic N) is 1. The normalized spacial score (nSPS) is 22.0. The molecule has 1 amide bonds. The number of hydrogen-bond donors (Lipinski definition) is 2. The fraction of sp³-hybridized carbons (Fsp3) is 0.944. The highest BCUT2D eigenvalue weighted by Crippen LogP contribution is 2.22. The zero-order valence-electron chi connectivity index (χ0n) is 15.4. The average molecular weight is 382 g/mol. The van der Waals surface area contributed by atoms with Gasteiger partial charge in [-0.15, -0.1) is 24.8 Å². The van der Waals surface area contributed by atoms with E-state index in [-0.39, 0.29) is 30.7 Å². The van der Waals surface area contributed by atoms with E-state index in [1.165, 1.54) is 45.2 Å². The molecular formula is C18H37Cl2N3O. The minimum absolute atomic E-state index is 0. The molecule has 144 valence electrons. The minimum atomic E-state index is 0. The van der Waals surface area contributed by atoms with Crippen molar-refractivity contribution in [2.24, 2.45) is 11.8 Å². The lowest BCUT2D eigenvalue weighted by molar-refractivity contribution is -0.121. The number of nitrogens with one attached hydrogen (secondary N) is 2. The summed E-state index contributed by atoms with van der Waals surface area (Å²) in [6, 6.07) is 0.537. The topological polar surface area (TPSA) is 44.4 Å². The molecule has 24 heavy (non-hydrogen) atoms. The second kappa shape index (κ2) is 13.2. The van der Waals surface area contributed by atoms with Gasteiger partial charge in [0.1, 0.15) is 0 Å². The summed E-state index contributed by atoms with van der Waals surface area (Å²) in [6.45, 7) is 10.1. The fourth-order valence-electron chi connectivity index (χ4n) is 4.10. The molecule has 6 heteroatoms. The summed E-state index contributed by atoms with van der Waals surface area (Å²) >= 11 is 0. The van der Waals surface area contributed by atoms with Crippen LogP contribution in [0.1, 0.15) is 58.8 Å². The molecule has 0 aromatic carbocycles. The summed E-state index contributed by atoms with van der Waals surface area (Å²) in [5.41, 5.74) is 0. The first-order valence-electron chi connectivity index (χ1n) is 9.46. The third-order valence-electron chi connectivity index (χ3n) is 5.65. The molecule has 0 aromatic heterocycles. The molecule has 0 saturated carbocycles. The van der Waals surface area contributed by atoms with E-state index in [0.29, 0.717) is 24.3 Å². The predicted octanol–water partition coefficient (Wildman–Crippen LogP) is 3.24. The summed E-state index contributed by atoms with van der Waals surface area (Å²) in [5.74, 6) is 1.67. The van der Waals surface area contributed by atoms with Gasteiger partial charge in [0, 0.05) is 19.0 Å². The molecule has 0 aromatic rings. The van der Waals surface area contributed by atoms with Crippen LogP contribution in [0.4, 0.5) is 0 Å².